The van der Waals surface area contributed by atoms with Crippen LogP contribution in [0.25, 0.3) is 0 Å². The summed E-state index contributed by atoms with van der Waals surface area (Å²) in [5, 5.41) is 11.1. The van der Waals surface area contributed by atoms with Crippen LogP contribution in [0.15, 0.2) is 5.38 Å². The number of carboxylic acids is 1. The van der Waals surface area contributed by atoms with Crippen LogP contribution in [-0.2, 0) is 11.2 Å². The van der Waals surface area contributed by atoms with Crippen LogP contribution < -0.4 is 5.73 Å². The van der Waals surface area contributed by atoms with Gasteiger partial charge in [0.1, 0.15) is 5.01 Å². The predicted molar refractivity (Wildman–Crippen MR) is 50.7 cm³/mol. The molecule has 1 aromatic rings. The molecule has 0 amide bonds. The fourth-order valence-corrected chi connectivity index (χ4v) is 1.84. The van der Waals surface area contributed by atoms with Crippen molar-refractivity contribution in [3.63, 3.8) is 0 Å². The van der Waals surface area contributed by atoms with E-state index in [1.807, 2.05) is 12.3 Å². The average Bonchev–Trinajstić information content (AvgIpc) is 2.50. The summed E-state index contributed by atoms with van der Waals surface area (Å²) >= 11 is 1.42. The van der Waals surface area contributed by atoms with E-state index in [4.69, 9.17) is 10.8 Å². The van der Waals surface area contributed by atoms with Crippen LogP contribution in [0.1, 0.15) is 30.1 Å². The molecule has 3 N–H and O–H groups in total. The van der Waals surface area contributed by atoms with Crippen molar-refractivity contribution in [1.82, 2.24) is 4.98 Å². The third-order valence-corrected chi connectivity index (χ3v) is 2.67. The number of hydrogen-bond donors (Lipinski definition) is 2. The van der Waals surface area contributed by atoms with Gasteiger partial charge in [-0.2, -0.15) is 0 Å². The van der Waals surface area contributed by atoms with Crippen molar-refractivity contribution in [2.24, 2.45) is 5.73 Å². The lowest BCUT2D eigenvalue weighted by atomic mass is 10.2. The molecule has 0 fully saturated rings. The molecule has 13 heavy (non-hydrogen) atoms. The molecule has 4 nitrogen and oxygen atoms in total. The fourth-order valence-electron chi connectivity index (χ4n) is 0.931. The Bertz CT molecular complexity index is 298. The Labute approximate surface area is 80.4 Å². The van der Waals surface area contributed by atoms with Gasteiger partial charge in [-0.1, -0.05) is 6.92 Å². The zero-order valence-electron chi connectivity index (χ0n) is 7.36. The highest BCUT2D eigenvalue weighted by Crippen LogP contribution is 2.19. The average molecular weight is 200 g/mol. The molecule has 0 aliphatic rings. The summed E-state index contributed by atoms with van der Waals surface area (Å²) in [4.78, 5) is 14.6. The first-order valence-electron chi connectivity index (χ1n) is 4.05. The molecule has 0 saturated heterocycles. The lowest BCUT2D eigenvalue weighted by Crippen LogP contribution is -2.14. The third-order valence-electron chi connectivity index (χ3n) is 1.64. The summed E-state index contributed by atoms with van der Waals surface area (Å²) in [6.07, 6.45) is 0.799. The number of hydrogen-bond acceptors (Lipinski definition) is 4. The fraction of sp³-hybridized carbons (Fsp3) is 0.500. The summed E-state index contributed by atoms with van der Waals surface area (Å²) in [5.41, 5.74) is 6.60. The SMILES string of the molecule is CCc1csc(C(N)CC(=O)O)n1. The topological polar surface area (TPSA) is 76.2 Å². The maximum atomic E-state index is 10.4. The normalized spacial score (nSPS) is 12.8. The van der Waals surface area contributed by atoms with Crippen molar-refractivity contribution in [3.8, 4) is 0 Å². The summed E-state index contributed by atoms with van der Waals surface area (Å²) in [6.45, 7) is 2.00. The first-order valence-corrected chi connectivity index (χ1v) is 4.93. The Hall–Kier alpha value is -0.940. The summed E-state index contributed by atoms with van der Waals surface area (Å²) in [5.74, 6) is -0.888. The molecule has 0 radical (unpaired) electrons. The van der Waals surface area contributed by atoms with Crippen molar-refractivity contribution in [2.75, 3.05) is 0 Å². The van der Waals surface area contributed by atoms with Gasteiger partial charge in [-0.25, -0.2) is 4.98 Å². The molecular formula is C8H12N2O2S. The largest absolute Gasteiger partial charge is 0.481 e. The third kappa shape index (κ3) is 2.78. The number of aromatic nitrogens is 1. The lowest BCUT2D eigenvalue weighted by Gasteiger charge is -2.03. The molecule has 1 unspecified atom stereocenters. The van der Waals surface area contributed by atoms with Gasteiger partial charge in [0.2, 0.25) is 0 Å². The number of thiazole rings is 1. The van der Waals surface area contributed by atoms with Crippen LogP contribution in [0.2, 0.25) is 0 Å². The number of nitrogens with zero attached hydrogens (tertiary/aromatic N) is 1. The number of carbonyl (C=O) groups is 1. The number of carboxylic acid groups (broad SMARTS) is 1. The minimum absolute atomic E-state index is 0.0589. The van der Waals surface area contributed by atoms with Crippen LogP contribution in [0, 0.1) is 0 Å². The number of aryl methyl sites for hydroxylation is 1. The Morgan fingerprint density at radius 1 is 1.85 bits per heavy atom. The lowest BCUT2D eigenvalue weighted by molar-refractivity contribution is -0.137. The quantitative estimate of drug-likeness (QED) is 0.765. The second-order valence-electron chi connectivity index (χ2n) is 2.73. The van der Waals surface area contributed by atoms with Gasteiger partial charge in [0.25, 0.3) is 0 Å². The molecule has 5 heteroatoms. The van der Waals surface area contributed by atoms with E-state index in [1.54, 1.807) is 0 Å². The highest BCUT2D eigenvalue weighted by molar-refractivity contribution is 7.09. The van der Waals surface area contributed by atoms with Gasteiger partial charge >= 0.3 is 5.97 Å². The van der Waals surface area contributed by atoms with Gasteiger partial charge in [-0.05, 0) is 6.42 Å². The van der Waals surface area contributed by atoms with E-state index in [1.165, 1.54) is 11.3 Å². The van der Waals surface area contributed by atoms with E-state index in [0.29, 0.717) is 5.01 Å². The van der Waals surface area contributed by atoms with Gasteiger partial charge in [0, 0.05) is 5.38 Å². The van der Waals surface area contributed by atoms with E-state index < -0.39 is 12.0 Å². The van der Waals surface area contributed by atoms with Crippen LogP contribution in [0.3, 0.4) is 0 Å². The highest BCUT2D eigenvalue weighted by atomic mass is 32.1. The van der Waals surface area contributed by atoms with Crippen molar-refractivity contribution in [2.45, 2.75) is 25.8 Å². The minimum atomic E-state index is -0.888. The van der Waals surface area contributed by atoms with Crippen molar-refractivity contribution >= 4 is 17.3 Å². The van der Waals surface area contributed by atoms with Crippen molar-refractivity contribution in [3.05, 3.63) is 16.1 Å². The van der Waals surface area contributed by atoms with E-state index in [9.17, 15) is 4.79 Å². The zero-order chi connectivity index (χ0) is 9.84. The second-order valence-corrected chi connectivity index (χ2v) is 3.62. The van der Waals surface area contributed by atoms with Crippen molar-refractivity contribution in [1.29, 1.82) is 0 Å². The highest BCUT2D eigenvalue weighted by Gasteiger charge is 2.13. The van der Waals surface area contributed by atoms with E-state index in [-0.39, 0.29) is 6.42 Å². The monoisotopic (exact) mass is 200 g/mol. The second kappa shape index (κ2) is 4.34. The molecule has 0 aliphatic heterocycles. The van der Waals surface area contributed by atoms with Crippen LogP contribution >= 0.6 is 11.3 Å². The Morgan fingerprint density at radius 2 is 2.54 bits per heavy atom. The first kappa shape index (κ1) is 10.1. The van der Waals surface area contributed by atoms with Crippen LogP contribution in [-0.4, -0.2) is 16.1 Å². The molecule has 0 bridgehead atoms. The molecule has 0 saturated carbocycles. The zero-order valence-corrected chi connectivity index (χ0v) is 8.17. The molecule has 0 spiro atoms. The van der Waals surface area contributed by atoms with E-state index >= 15 is 0 Å². The molecule has 1 heterocycles. The van der Waals surface area contributed by atoms with E-state index in [2.05, 4.69) is 4.98 Å². The van der Waals surface area contributed by atoms with Gasteiger partial charge in [0.05, 0.1) is 18.2 Å². The van der Waals surface area contributed by atoms with E-state index in [0.717, 1.165) is 12.1 Å². The molecule has 72 valence electrons. The number of aliphatic carboxylic acids is 1. The summed E-state index contributed by atoms with van der Waals surface area (Å²) in [7, 11) is 0. The summed E-state index contributed by atoms with van der Waals surface area (Å²) < 4.78 is 0. The molecular weight excluding hydrogens is 188 g/mol. The molecule has 1 atom stereocenters. The minimum Gasteiger partial charge on any atom is -0.481 e. The van der Waals surface area contributed by atoms with Gasteiger partial charge in [-0.3, -0.25) is 4.79 Å². The van der Waals surface area contributed by atoms with Crippen LogP contribution in [0.5, 0.6) is 0 Å². The Kier molecular flexibility index (Phi) is 3.39. The molecule has 1 rings (SSSR count). The Morgan fingerprint density at radius 3 is 3.00 bits per heavy atom. The first-order chi connectivity index (χ1) is 6.13. The Balaban J connectivity index is 2.65. The molecule has 0 aromatic carbocycles. The molecule has 1 aromatic heterocycles. The number of rotatable bonds is 4. The number of nitrogens with two attached hydrogens (primary N) is 1. The van der Waals surface area contributed by atoms with Gasteiger partial charge in [0.15, 0.2) is 0 Å². The molecule has 0 aliphatic carbocycles. The van der Waals surface area contributed by atoms with Gasteiger partial charge in [-0.15, -0.1) is 11.3 Å². The van der Waals surface area contributed by atoms with Gasteiger partial charge < -0.3 is 10.8 Å². The van der Waals surface area contributed by atoms with Crippen LogP contribution in [0.4, 0.5) is 0 Å². The van der Waals surface area contributed by atoms with Crippen molar-refractivity contribution < 1.29 is 9.90 Å². The smallest absolute Gasteiger partial charge is 0.305 e. The maximum absolute atomic E-state index is 10.4. The summed E-state index contributed by atoms with van der Waals surface area (Å²) in [6, 6.07) is -0.470. The maximum Gasteiger partial charge on any atom is 0.305 e. The predicted octanol–water partition coefficient (Wildman–Crippen LogP) is 1.18. The standard InChI is InChI=1S/C8H12N2O2S/c1-2-5-4-13-8(10-5)6(9)3-7(11)12/h4,6H,2-3,9H2,1H3,(H,11,12).